The first-order chi connectivity index (χ1) is 20.7. The number of methoxy groups -OCH3 is 2. The Bertz CT molecular complexity index is 2120. The van der Waals surface area contributed by atoms with Gasteiger partial charge in [0.1, 0.15) is 11.8 Å². The number of benzene rings is 3. The first kappa shape index (κ1) is 29.0. The van der Waals surface area contributed by atoms with Gasteiger partial charge in [0, 0.05) is 44.3 Å². The molecule has 10 heteroatoms. The highest BCUT2D eigenvalue weighted by Gasteiger charge is 2.35. The molecule has 3 aromatic carbocycles. The van der Waals surface area contributed by atoms with Crippen molar-refractivity contribution in [2.45, 2.75) is 26.4 Å². The summed E-state index contributed by atoms with van der Waals surface area (Å²) in [5.41, 5.74) is 5.11. The summed E-state index contributed by atoms with van der Waals surface area (Å²) in [6, 6.07) is 20.2. The maximum absolute atomic E-state index is 14.2. The third kappa shape index (κ3) is 5.09. The van der Waals surface area contributed by atoms with Gasteiger partial charge in [0.25, 0.3) is 5.56 Å². The molecule has 0 amide bonds. The van der Waals surface area contributed by atoms with Crippen molar-refractivity contribution < 1.29 is 14.3 Å². The van der Waals surface area contributed by atoms with Crippen molar-refractivity contribution in [3.63, 3.8) is 0 Å². The van der Waals surface area contributed by atoms with Crippen LogP contribution in [0.5, 0.6) is 5.75 Å². The molecule has 0 radical (unpaired) electrons. The number of hydrogen-bond donors (Lipinski definition) is 0. The molecule has 0 saturated heterocycles. The van der Waals surface area contributed by atoms with Gasteiger partial charge < -0.3 is 14.0 Å². The number of nitrogens with zero attached hydrogens (tertiary/aromatic N) is 3. The van der Waals surface area contributed by atoms with Crippen LogP contribution in [0.2, 0.25) is 10.0 Å². The van der Waals surface area contributed by atoms with Crippen LogP contribution in [0.4, 0.5) is 0 Å². The van der Waals surface area contributed by atoms with E-state index in [2.05, 4.69) is 28.6 Å². The predicted octanol–water partition coefficient (Wildman–Crippen LogP) is 6.04. The van der Waals surface area contributed by atoms with Crippen molar-refractivity contribution in [1.82, 2.24) is 9.13 Å². The van der Waals surface area contributed by atoms with Gasteiger partial charge in [-0.05, 0) is 61.9 Å². The van der Waals surface area contributed by atoms with Crippen molar-refractivity contribution >= 4 is 57.5 Å². The van der Waals surface area contributed by atoms with Crippen LogP contribution >= 0.6 is 34.5 Å². The third-order valence-corrected chi connectivity index (χ3v) is 9.19. The van der Waals surface area contributed by atoms with E-state index in [9.17, 15) is 9.59 Å². The molecule has 1 atom stereocenters. The van der Waals surface area contributed by atoms with Gasteiger partial charge in [0.05, 0.1) is 30.0 Å². The van der Waals surface area contributed by atoms with Gasteiger partial charge in [-0.3, -0.25) is 9.36 Å². The maximum Gasteiger partial charge on any atom is 0.338 e. The van der Waals surface area contributed by atoms with Crippen LogP contribution in [-0.4, -0.2) is 29.3 Å². The lowest BCUT2D eigenvalue weighted by Crippen LogP contribution is -2.40. The number of carbonyl (C=O) groups is 1. The minimum Gasteiger partial charge on any atom is -0.496 e. The molecule has 0 aliphatic carbocycles. The topological polar surface area (TPSA) is 74.8 Å². The van der Waals surface area contributed by atoms with Crippen LogP contribution in [0.15, 0.2) is 87.8 Å². The quantitative estimate of drug-likeness (QED) is 0.214. The lowest BCUT2D eigenvalue weighted by atomic mass is 9.95. The second kappa shape index (κ2) is 11.5. The number of aromatic nitrogens is 2. The molecule has 0 fully saturated rings. The van der Waals surface area contributed by atoms with Gasteiger partial charge in [-0.15, -0.1) is 0 Å². The van der Waals surface area contributed by atoms with Crippen molar-refractivity contribution in [3.8, 4) is 5.75 Å². The molecule has 0 N–H and O–H groups in total. The highest BCUT2D eigenvalue weighted by atomic mass is 35.5. The number of hydrogen-bond acceptors (Lipinski definition) is 6. The highest BCUT2D eigenvalue weighted by Crippen LogP contribution is 2.37. The molecule has 1 aliphatic rings. The van der Waals surface area contributed by atoms with Crippen LogP contribution in [0, 0.1) is 6.92 Å². The molecular formula is C33H27Cl2N3O4S. The van der Waals surface area contributed by atoms with E-state index >= 15 is 0 Å². The molecule has 6 rings (SSSR count). The monoisotopic (exact) mass is 631 g/mol. The normalized spacial score (nSPS) is 15.0. The molecule has 2 aromatic heterocycles. The number of halogens is 2. The van der Waals surface area contributed by atoms with E-state index in [4.69, 9.17) is 32.7 Å². The standard InChI is InChI=1S/C33H27Cl2N3O4S/c1-18-29(32(40)42-4)30(25-15-22(35)13-14-27(25)41-3)38-31(39)28(43-33(38)36-18)16-24-19(2)37(26-8-6-5-7-23(24)26)17-20-9-11-21(34)12-10-20/h5-16,30H,17H2,1-4H3/b28-16-/t30-/m0/s1. The summed E-state index contributed by atoms with van der Waals surface area (Å²) in [7, 11) is 2.84. The van der Waals surface area contributed by atoms with Crippen LogP contribution in [0.25, 0.3) is 17.0 Å². The number of carbonyl (C=O) groups excluding carboxylic acids is 1. The molecule has 218 valence electrons. The zero-order valence-corrected chi connectivity index (χ0v) is 26.2. The van der Waals surface area contributed by atoms with Gasteiger partial charge in [0.2, 0.25) is 0 Å². The average molecular weight is 633 g/mol. The maximum atomic E-state index is 14.2. The van der Waals surface area contributed by atoms with Gasteiger partial charge in [-0.1, -0.05) is 64.9 Å². The Hall–Kier alpha value is -4.11. The second-order valence-corrected chi connectivity index (χ2v) is 12.1. The third-order valence-electron chi connectivity index (χ3n) is 7.72. The van der Waals surface area contributed by atoms with E-state index in [0.29, 0.717) is 42.9 Å². The van der Waals surface area contributed by atoms with Crippen molar-refractivity contribution in [2.24, 2.45) is 4.99 Å². The summed E-state index contributed by atoms with van der Waals surface area (Å²) >= 11 is 13.8. The van der Waals surface area contributed by atoms with Crippen LogP contribution < -0.4 is 19.6 Å². The fourth-order valence-electron chi connectivity index (χ4n) is 5.65. The lowest BCUT2D eigenvalue weighted by Gasteiger charge is -2.25. The van der Waals surface area contributed by atoms with E-state index in [-0.39, 0.29) is 11.1 Å². The molecule has 0 saturated carbocycles. The number of thiazole rings is 1. The molecule has 7 nitrogen and oxygen atoms in total. The average Bonchev–Trinajstić information content (AvgIpc) is 3.45. The number of ether oxygens (including phenoxy) is 2. The number of para-hydroxylation sites is 1. The molecule has 0 spiro atoms. The predicted molar refractivity (Wildman–Crippen MR) is 171 cm³/mol. The number of rotatable bonds is 6. The Morgan fingerprint density at radius 3 is 2.47 bits per heavy atom. The molecular weight excluding hydrogens is 605 g/mol. The van der Waals surface area contributed by atoms with E-state index in [1.807, 2.05) is 42.5 Å². The summed E-state index contributed by atoms with van der Waals surface area (Å²) < 4.78 is 15.0. The van der Waals surface area contributed by atoms with Gasteiger partial charge >= 0.3 is 5.97 Å². The van der Waals surface area contributed by atoms with Gasteiger partial charge in [0.15, 0.2) is 4.80 Å². The first-order valence-electron chi connectivity index (χ1n) is 13.5. The van der Waals surface area contributed by atoms with Gasteiger partial charge in [-0.2, -0.15) is 0 Å². The smallest absolute Gasteiger partial charge is 0.338 e. The zero-order chi connectivity index (χ0) is 30.4. The van der Waals surface area contributed by atoms with Crippen molar-refractivity contribution in [3.05, 3.63) is 130 Å². The highest BCUT2D eigenvalue weighted by molar-refractivity contribution is 7.07. The second-order valence-electron chi connectivity index (χ2n) is 10.2. The Labute approximate surface area is 261 Å². The van der Waals surface area contributed by atoms with Crippen molar-refractivity contribution in [1.29, 1.82) is 0 Å². The number of allylic oxidation sites excluding steroid dienone is 1. The van der Waals surface area contributed by atoms with E-state index in [0.717, 1.165) is 27.7 Å². The SMILES string of the molecule is COC(=O)C1=C(C)N=c2s/c(=C\c3c(C)n(Cc4ccc(Cl)cc4)c4ccccc34)c(=O)n2[C@H]1c1cc(Cl)ccc1OC. The van der Waals surface area contributed by atoms with Crippen LogP contribution in [0.3, 0.4) is 0 Å². The summed E-state index contributed by atoms with van der Waals surface area (Å²) in [5.74, 6) is -0.0927. The lowest BCUT2D eigenvalue weighted by molar-refractivity contribution is -0.136. The summed E-state index contributed by atoms with van der Waals surface area (Å²) in [6.45, 7) is 4.44. The minimum absolute atomic E-state index is 0.248. The minimum atomic E-state index is -0.841. The molecule has 1 aliphatic heterocycles. The fraction of sp³-hybridized carbons (Fsp3) is 0.182. The largest absolute Gasteiger partial charge is 0.496 e. The number of esters is 1. The molecule has 5 aromatic rings. The van der Waals surface area contributed by atoms with E-state index in [1.165, 1.54) is 30.1 Å². The van der Waals surface area contributed by atoms with Crippen molar-refractivity contribution in [2.75, 3.05) is 14.2 Å². The summed E-state index contributed by atoms with van der Waals surface area (Å²) in [6.07, 6.45) is 1.92. The summed E-state index contributed by atoms with van der Waals surface area (Å²) in [5, 5.41) is 2.16. The Balaban J connectivity index is 1.57. The van der Waals surface area contributed by atoms with Crippen LogP contribution in [-0.2, 0) is 16.1 Å². The Kier molecular flexibility index (Phi) is 7.77. The van der Waals surface area contributed by atoms with Crippen LogP contribution in [0.1, 0.15) is 35.3 Å². The molecule has 0 unspecified atom stereocenters. The Morgan fingerprint density at radius 1 is 1.02 bits per heavy atom. The fourth-order valence-corrected chi connectivity index (χ4v) is 6.99. The van der Waals surface area contributed by atoms with E-state index in [1.54, 1.807) is 25.1 Å². The molecule has 0 bridgehead atoms. The first-order valence-corrected chi connectivity index (χ1v) is 15.1. The number of fused-ring (bicyclic) bond motifs is 2. The molecule has 3 heterocycles. The summed E-state index contributed by atoms with van der Waals surface area (Å²) in [4.78, 5) is 32.5. The van der Waals surface area contributed by atoms with E-state index < -0.39 is 12.0 Å². The molecule has 43 heavy (non-hydrogen) atoms. The Morgan fingerprint density at radius 2 is 1.74 bits per heavy atom. The van der Waals surface area contributed by atoms with Gasteiger partial charge in [-0.25, -0.2) is 9.79 Å². The zero-order valence-electron chi connectivity index (χ0n) is 23.9.